The SMILES string of the molecule is CN(CCOCC(F)(F)F)CC1CC(Cl)C1. The smallest absolute Gasteiger partial charge is 0.371 e. The lowest BCUT2D eigenvalue weighted by Gasteiger charge is -2.34. The van der Waals surface area contributed by atoms with Gasteiger partial charge in [0.25, 0.3) is 0 Å². The Hall–Kier alpha value is -0.0000000000000000555. The highest BCUT2D eigenvalue weighted by molar-refractivity contribution is 6.21. The fraction of sp³-hybridized carbons (Fsp3) is 1.00. The molecule has 6 heteroatoms. The lowest BCUT2D eigenvalue weighted by molar-refractivity contribution is -0.174. The van der Waals surface area contributed by atoms with Crippen LogP contribution in [0.5, 0.6) is 0 Å². The molecule has 0 unspecified atom stereocenters. The van der Waals surface area contributed by atoms with Crippen molar-refractivity contribution in [1.82, 2.24) is 4.90 Å². The summed E-state index contributed by atoms with van der Waals surface area (Å²) in [5.41, 5.74) is 0. The minimum atomic E-state index is -4.22. The third kappa shape index (κ3) is 5.92. The number of halogens is 4. The molecule has 0 amide bonds. The largest absolute Gasteiger partial charge is 0.411 e. The van der Waals surface area contributed by atoms with Gasteiger partial charge in [0.05, 0.1) is 6.61 Å². The first kappa shape index (κ1) is 14.1. The number of alkyl halides is 4. The summed E-state index contributed by atoms with van der Waals surface area (Å²) in [5, 5.41) is 0.292. The van der Waals surface area contributed by atoms with E-state index >= 15 is 0 Å². The molecule has 0 N–H and O–H groups in total. The first-order valence-electron chi connectivity index (χ1n) is 5.34. The van der Waals surface area contributed by atoms with E-state index in [1.54, 1.807) is 0 Å². The summed E-state index contributed by atoms with van der Waals surface area (Å²) in [6, 6.07) is 0. The van der Waals surface area contributed by atoms with Gasteiger partial charge in [-0.05, 0) is 25.8 Å². The van der Waals surface area contributed by atoms with E-state index < -0.39 is 12.8 Å². The van der Waals surface area contributed by atoms with Crippen LogP contribution in [0.3, 0.4) is 0 Å². The van der Waals surface area contributed by atoms with Gasteiger partial charge in [-0.3, -0.25) is 0 Å². The molecule has 0 radical (unpaired) electrons. The Morgan fingerprint density at radius 3 is 2.50 bits per heavy atom. The van der Waals surface area contributed by atoms with Crippen LogP contribution in [0, 0.1) is 5.92 Å². The van der Waals surface area contributed by atoms with Crippen molar-refractivity contribution in [3.05, 3.63) is 0 Å². The second-order valence-electron chi connectivity index (χ2n) is 4.36. The molecule has 0 bridgehead atoms. The van der Waals surface area contributed by atoms with Gasteiger partial charge >= 0.3 is 6.18 Å². The molecule has 96 valence electrons. The van der Waals surface area contributed by atoms with Crippen molar-refractivity contribution < 1.29 is 17.9 Å². The molecule has 0 aromatic heterocycles. The molecule has 0 heterocycles. The van der Waals surface area contributed by atoms with Crippen molar-refractivity contribution >= 4 is 11.6 Å². The first-order chi connectivity index (χ1) is 7.37. The molecule has 16 heavy (non-hydrogen) atoms. The zero-order chi connectivity index (χ0) is 12.2. The molecule has 1 saturated carbocycles. The van der Waals surface area contributed by atoms with E-state index in [-0.39, 0.29) is 6.61 Å². The lowest BCUT2D eigenvalue weighted by atomic mass is 9.84. The summed E-state index contributed by atoms with van der Waals surface area (Å²) < 4.78 is 39.8. The minimum Gasteiger partial charge on any atom is -0.371 e. The Morgan fingerprint density at radius 1 is 1.38 bits per heavy atom. The van der Waals surface area contributed by atoms with Gasteiger partial charge in [0.1, 0.15) is 6.61 Å². The standard InChI is InChI=1S/C10H17ClF3NO/c1-15(6-8-4-9(11)5-8)2-3-16-7-10(12,13)14/h8-9H,2-7H2,1H3. The average molecular weight is 260 g/mol. The van der Waals surface area contributed by atoms with Crippen LogP contribution in [0.25, 0.3) is 0 Å². The van der Waals surface area contributed by atoms with Gasteiger partial charge in [-0.1, -0.05) is 0 Å². The van der Waals surface area contributed by atoms with Gasteiger partial charge in [0.2, 0.25) is 0 Å². The Kier molecular flexibility index (Phi) is 5.34. The number of rotatable bonds is 6. The van der Waals surface area contributed by atoms with E-state index in [1.165, 1.54) is 0 Å². The van der Waals surface area contributed by atoms with E-state index in [0.29, 0.717) is 17.8 Å². The molecule has 1 aliphatic carbocycles. The first-order valence-corrected chi connectivity index (χ1v) is 5.77. The van der Waals surface area contributed by atoms with Crippen molar-refractivity contribution in [3.8, 4) is 0 Å². The number of ether oxygens (including phenoxy) is 1. The zero-order valence-electron chi connectivity index (χ0n) is 9.26. The molecule has 0 atom stereocenters. The van der Waals surface area contributed by atoms with E-state index in [0.717, 1.165) is 19.4 Å². The Bertz CT molecular complexity index is 207. The van der Waals surface area contributed by atoms with Crippen molar-refractivity contribution in [3.63, 3.8) is 0 Å². The maximum Gasteiger partial charge on any atom is 0.411 e. The molecule has 0 aromatic rings. The molecule has 1 aliphatic rings. The van der Waals surface area contributed by atoms with E-state index in [1.807, 2.05) is 11.9 Å². The summed E-state index contributed by atoms with van der Waals surface area (Å²) in [7, 11) is 1.89. The maximum atomic E-state index is 11.7. The fourth-order valence-corrected chi connectivity index (χ4v) is 2.25. The van der Waals surface area contributed by atoms with Gasteiger partial charge in [-0.2, -0.15) is 13.2 Å². The van der Waals surface area contributed by atoms with Gasteiger partial charge in [-0.25, -0.2) is 0 Å². The zero-order valence-corrected chi connectivity index (χ0v) is 10.0. The molecule has 1 rings (SSSR count). The monoisotopic (exact) mass is 259 g/mol. The number of hydrogen-bond donors (Lipinski definition) is 0. The van der Waals surface area contributed by atoms with Crippen LogP contribution in [0.2, 0.25) is 0 Å². The van der Waals surface area contributed by atoms with Crippen LogP contribution in [-0.4, -0.2) is 49.8 Å². The van der Waals surface area contributed by atoms with E-state index in [2.05, 4.69) is 4.74 Å². The Morgan fingerprint density at radius 2 is 2.00 bits per heavy atom. The van der Waals surface area contributed by atoms with Gasteiger partial charge in [-0.15, -0.1) is 11.6 Å². The van der Waals surface area contributed by atoms with Crippen LogP contribution in [-0.2, 0) is 4.74 Å². The van der Waals surface area contributed by atoms with Crippen LogP contribution in [0.15, 0.2) is 0 Å². The molecule has 2 nitrogen and oxygen atoms in total. The highest BCUT2D eigenvalue weighted by atomic mass is 35.5. The van der Waals surface area contributed by atoms with Gasteiger partial charge < -0.3 is 9.64 Å². The second-order valence-corrected chi connectivity index (χ2v) is 4.98. The summed E-state index contributed by atoms with van der Waals surface area (Å²) in [6.07, 6.45) is -2.21. The summed E-state index contributed by atoms with van der Waals surface area (Å²) in [6.45, 7) is 0.374. The minimum absolute atomic E-state index is 0.118. The average Bonchev–Trinajstić information content (AvgIpc) is 2.08. The van der Waals surface area contributed by atoms with Crippen molar-refractivity contribution in [2.24, 2.45) is 5.92 Å². The molecule has 1 fully saturated rings. The predicted molar refractivity (Wildman–Crippen MR) is 56.7 cm³/mol. The fourth-order valence-electron chi connectivity index (χ4n) is 1.74. The molecular formula is C10H17ClF3NO. The Labute approximate surface area is 98.7 Å². The normalized spacial score (nSPS) is 25.9. The lowest BCUT2D eigenvalue weighted by Crippen LogP contribution is -2.36. The van der Waals surface area contributed by atoms with Crippen molar-refractivity contribution in [1.29, 1.82) is 0 Å². The van der Waals surface area contributed by atoms with Crippen LogP contribution in [0.1, 0.15) is 12.8 Å². The van der Waals surface area contributed by atoms with Crippen LogP contribution >= 0.6 is 11.6 Å². The summed E-state index contributed by atoms with van der Waals surface area (Å²) >= 11 is 5.84. The van der Waals surface area contributed by atoms with Crippen molar-refractivity contribution in [2.45, 2.75) is 24.4 Å². The van der Waals surface area contributed by atoms with Gasteiger partial charge in [0, 0.05) is 18.5 Å². The van der Waals surface area contributed by atoms with Gasteiger partial charge in [0.15, 0.2) is 0 Å². The highest BCUT2D eigenvalue weighted by Gasteiger charge is 2.28. The van der Waals surface area contributed by atoms with E-state index in [9.17, 15) is 13.2 Å². The molecular weight excluding hydrogens is 243 g/mol. The third-order valence-electron chi connectivity index (χ3n) is 2.63. The Balaban J connectivity index is 1.96. The molecule has 0 aliphatic heterocycles. The molecule has 0 spiro atoms. The number of nitrogens with zero attached hydrogens (tertiary/aromatic N) is 1. The summed E-state index contributed by atoms with van der Waals surface area (Å²) in [4.78, 5) is 1.99. The molecule has 0 aromatic carbocycles. The summed E-state index contributed by atoms with van der Waals surface area (Å²) in [5.74, 6) is 0.593. The highest BCUT2D eigenvalue weighted by Crippen LogP contribution is 2.32. The molecule has 0 saturated heterocycles. The van der Waals surface area contributed by atoms with Crippen LogP contribution in [0.4, 0.5) is 13.2 Å². The van der Waals surface area contributed by atoms with E-state index in [4.69, 9.17) is 11.6 Å². The quantitative estimate of drug-likeness (QED) is 0.537. The second kappa shape index (κ2) is 6.07. The maximum absolute atomic E-state index is 11.7. The predicted octanol–water partition coefficient (Wildman–Crippen LogP) is 2.51. The third-order valence-corrected chi connectivity index (χ3v) is 2.99. The van der Waals surface area contributed by atoms with Crippen molar-refractivity contribution in [2.75, 3.05) is 33.4 Å². The number of hydrogen-bond acceptors (Lipinski definition) is 2. The number of likely N-dealkylation sites (N-methyl/N-ethyl adjacent to an activating group) is 1. The topological polar surface area (TPSA) is 12.5 Å². The van der Waals surface area contributed by atoms with Crippen LogP contribution < -0.4 is 0 Å².